The molecule has 0 aromatic heterocycles. The third kappa shape index (κ3) is 2.19. The van der Waals surface area contributed by atoms with E-state index in [0.717, 1.165) is 0 Å². The first-order valence-electron chi connectivity index (χ1n) is 6.18. The first-order chi connectivity index (χ1) is 10.9. The van der Waals surface area contributed by atoms with Gasteiger partial charge in [0.25, 0.3) is 0 Å². The van der Waals surface area contributed by atoms with Crippen LogP contribution in [0.5, 0.6) is 0 Å². The van der Waals surface area contributed by atoms with Crippen molar-refractivity contribution < 1.29 is 27.5 Å². The summed E-state index contributed by atoms with van der Waals surface area (Å²) < 4.78 is 46.3. The lowest BCUT2D eigenvalue weighted by atomic mass is 10.1. The summed E-state index contributed by atoms with van der Waals surface area (Å²) in [5.41, 5.74) is -2.48. The number of cyclic esters (lactones) is 2. The lowest BCUT2D eigenvalue weighted by Crippen LogP contribution is -2.09. The molecule has 5 nitrogen and oxygen atoms in total. The second-order valence-corrected chi connectivity index (χ2v) is 4.56. The number of nitriles is 1. The molecule has 0 saturated heterocycles. The van der Waals surface area contributed by atoms with Crippen molar-refractivity contribution in [3.63, 3.8) is 0 Å². The number of nitrogens with zero attached hydrogens (tertiary/aromatic N) is 1. The number of fused-ring (bicyclic) bond motifs is 1. The maximum atomic E-state index is 14.3. The molecule has 8 heteroatoms. The predicted molar refractivity (Wildman–Crippen MR) is 70.5 cm³/mol. The van der Waals surface area contributed by atoms with Crippen LogP contribution in [-0.4, -0.2) is 11.9 Å². The van der Waals surface area contributed by atoms with Crippen molar-refractivity contribution in [2.24, 2.45) is 0 Å². The second kappa shape index (κ2) is 5.14. The number of esters is 2. The zero-order chi connectivity index (χ0) is 16.7. The monoisotopic (exact) mass is 318 g/mol. The highest BCUT2D eigenvalue weighted by Crippen LogP contribution is 2.35. The van der Waals surface area contributed by atoms with Crippen LogP contribution >= 0.6 is 0 Å². The van der Waals surface area contributed by atoms with E-state index in [0.29, 0.717) is 5.56 Å². The van der Waals surface area contributed by atoms with Gasteiger partial charge in [0, 0.05) is 5.69 Å². The Kier molecular flexibility index (Phi) is 3.26. The van der Waals surface area contributed by atoms with Crippen molar-refractivity contribution in [2.75, 3.05) is 5.32 Å². The van der Waals surface area contributed by atoms with Crippen LogP contribution in [0.25, 0.3) is 0 Å². The number of hydrogen-bond acceptors (Lipinski definition) is 5. The molecular weight excluding hydrogens is 313 g/mol. The van der Waals surface area contributed by atoms with Gasteiger partial charge in [-0.15, -0.1) is 0 Å². The summed E-state index contributed by atoms with van der Waals surface area (Å²) in [6.45, 7) is 0. The van der Waals surface area contributed by atoms with Crippen molar-refractivity contribution in [1.82, 2.24) is 0 Å². The minimum absolute atomic E-state index is 0.152. The molecule has 0 saturated carbocycles. The van der Waals surface area contributed by atoms with E-state index in [1.54, 1.807) is 0 Å². The van der Waals surface area contributed by atoms with E-state index in [1.807, 2.05) is 6.07 Å². The molecule has 114 valence electrons. The summed E-state index contributed by atoms with van der Waals surface area (Å²) in [6, 6.07) is 7.29. The van der Waals surface area contributed by atoms with E-state index in [2.05, 4.69) is 10.1 Å². The number of nitrogens with one attached hydrogen (secondary N) is 1. The first-order valence-corrected chi connectivity index (χ1v) is 6.18. The van der Waals surface area contributed by atoms with Gasteiger partial charge in [-0.05, 0) is 24.3 Å². The SMILES string of the molecule is N#Cc1ccc(Nc2c(F)c(F)c3c(c2F)C(=O)OC3=O)cc1. The van der Waals surface area contributed by atoms with Crippen molar-refractivity contribution in [1.29, 1.82) is 5.26 Å². The molecule has 0 aliphatic carbocycles. The van der Waals surface area contributed by atoms with Crippen LogP contribution in [0.3, 0.4) is 0 Å². The quantitative estimate of drug-likeness (QED) is 0.523. The van der Waals surface area contributed by atoms with E-state index >= 15 is 0 Å². The molecule has 1 aliphatic rings. The van der Waals surface area contributed by atoms with E-state index in [1.165, 1.54) is 24.3 Å². The summed E-state index contributed by atoms with van der Waals surface area (Å²) in [5.74, 6) is -7.58. The van der Waals surface area contributed by atoms with E-state index in [9.17, 15) is 22.8 Å². The average Bonchev–Trinajstić information content (AvgIpc) is 2.84. The third-order valence-electron chi connectivity index (χ3n) is 3.20. The molecule has 0 amide bonds. The summed E-state index contributed by atoms with van der Waals surface area (Å²) in [4.78, 5) is 22.7. The molecule has 2 aromatic rings. The molecule has 0 radical (unpaired) electrons. The van der Waals surface area contributed by atoms with Crippen molar-refractivity contribution in [2.45, 2.75) is 0 Å². The fourth-order valence-electron chi connectivity index (χ4n) is 2.11. The Morgan fingerprint density at radius 1 is 0.913 bits per heavy atom. The molecule has 0 bridgehead atoms. The Hall–Kier alpha value is -3.34. The van der Waals surface area contributed by atoms with Gasteiger partial charge in [-0.1, -0.05) is 0 Å². The van der Waals surface area contributed by atoms with Crippen LogP contribution in [0.2, 0.25) is 0 Å². The molecule has 1 heterocycles. The third-order valence-corrected chi connectivity index (χ3v) is 3.20. The fourth-order valence-corrected chi connectivity index (χ4v) is 2.11. The highest BCUT2D eigenvalue weighted by molar-refractivity contribution is 6.15. The van der Waals surface area contributed by atoms with Crippen LogP contribution in [0, 0.1) is 28.8 Å². The minimum atomic E-state index is -1.67. The molecule has 0 spiro atoms. The normalized spacial score (nSPS) is 12.6. The summed E-state index contributed by atoms with van der Waals surface area (Å²) in [7, 11) is 0. The Labute approximate surface area is 126 Å². The molecule has 1 aliphatic heterocycles. The van der Waals surface area contributed by atoms with Crippen molar-refractivity contribution >= 4 is 23.3 Å². The van der Waals surface area contributed by atoms with Crippen LogP contribution < -0.4 is 5.32 Å². The lowest BCUT2D eigenvalue weighted by Gasteiger charge is -2.11. The number of carbonyl (C=O) groups excluding carboxylic acids is 2. The topological polar surface area (TPSA) is 79.2 Å². The largest absolute Gasteiger partial charge is 0.385 e. The highest BCUT2D eigenvalue weighted by atomic mass is 19.2. The van der Waals surface area contributed by atoms with Crippen molar-refractivity contribution in [3.8, 4) is 6.07 Å². The van der Waals surface area contributed by atoms with E-state index in [4.69, 9.17) is 5.26 Å². The smallest absolute Gasteiger partial charge is 0.350 e. The highest BCUT2D eigenvalue weighted by Gasteiger charge is 2.40. The van der Waals surface area contributed by atoms with Gasteiger partial charge < -0.3 is 10.1 Å². The number of ether oxygens (including phenoxy) is 1. The molecule has 23 heavy (non-hydrogen) atoms. The van der Waals surface area contributed by atoms with Crippen LogP contribution in [0.1, 0.15) is 26.3 Å². The Balaban J connectivity index is 2.12. The van der Waals surface area contributed by atoms with Gasteiger partial charge in [0.15, 0.2) is 17.5 Å². The van der Waals surface area contributed by atoms with Gasteiger partial charge in [-0.3, -0.25) is 0 Å². The summed E-state index contributed by atoms with van der Waals surface area (Å²) in [6.07, 6.45) is 0. The number of hydrogen-bond donors (Lipinski definition) is 1. The molecule has 0 atom stereocenters. The van der Waals surface area contributed by atoms with Crippen molar-refractivity contribution in [3.05, 3.63) is 58.4 Å². The Bertz CT molecular complexity index is 902. The van der Waals surface area contributed by atoms with Crippen LogP contribution in [0.15, 0.2) is 24.3 Å². The molecule has 3 rings (SSSR count). The maximum Gasteiger partial charge on any atom is 0.350 e. The summed E-state index contributed by atoms with van der Waals surface area (Å²) in [5, 5.41) is 11.0. The number of rotatable bonds is 2. The number of halogens is 3. The maximum absolute atomic E-state index is 14.3. The first kappa shape index (κ1) is 14.6. The van der Waals surface area contributed by atoms with Crippen LogP contribution in [0.4, 0.5) is 24.5 Å². The van der Waals surface area contributed by atoms with Gasteiger partial charge in [-0.25, -0.2) is 22.8 Å². The number of benzene rings is 2. The lowest BCUT2D eigenvalue weighted by molar-refractivity contribution is 0.0440. The van der Waals surface area contributed by atoms with Crippen LogP contribution in [-0.2, 0) is 4.74 Å². The van der Waals surface area contributed by atoms with E-state index in [-0.39, 0.29) is 5.69 Å². The Morgan fingerprint density at radius 2 is 1.48 bits per heavy atom. The molecule has 1 N–H and O–H groups in total. The zero-order valence-electron chi connectivity index (χ0n) is 11.1. The number of anilines is 2. The Morgan fingerprint density at radius 3 is 2.04 bits per heavy atom. The zero-order valence-corrected chi connectivity index (χ0v) is 11.1. The molecule has 0 unspecified atom stereocenters. The molecule has 0 fully saturated rings. The number of carbonyl (C=O) groups is 2. The predicted octanol–water partition coefficient (Wildman–Crippen LogP) is 3.03. The fraction of sp³-hybridized carbons (Fsp3) is 0. The van der Waals surface area contributed by atoms with E-state index < -0.39 is 46.2 Å². The standard InChI is InChI=1S/C15H5F3N2O3/c16-10-8-9(15(22)23-14(8)21)11(17)13(12(10)18)20-7-3-1-6(5-19)2-4-7/h1-4,20H. The van der Waals surface area contributed by atoms with Gasteiger partial charge in [0.2, 0.25) is 0 Å². The van der Waals surface area contributed by atoms with Gasteiger partial charge in [0.05, 0.1) is 11.6 Å². The average molecular weight is 318 g/mol. The van der Waals surface area contributed by atoms with Gasteiger partial charge in [-0.2, -0.15) is 5.26 Å². The van der Waals surface area contributed by atoms with Gasteiger partial charge in [0.1, 0.15) is 16.8 Å². The minimum Gasteiger partial charge on any atom is -0.385 e. The molecular formula is C15H5F3N2O3. The second-order valence-electron chi connectivity index (χ2n) is 4.56. The summed E-state index contributed by atoms with van der Waals surface area (Å²) >= 11 is 0. The van der Waals surface area contributed by atoms with Gasteiger partial charge >= 0.3 is 11.9 Å². The molecule has 2 aromatic carbocycles.